The summed E-state index contributed by atoms with van der Waals surface area (Å²) >= 11 is 9.63. The largest absolute Gasteiger partial charge is 0.392 e. The van der Waals surface area contributed by atoms with Crippen molar-refractivity contribution in [2.45, 2.75) is 75.6 Å². The maximum absolute atomic E-state index is 10.1. The maximum Gasteiger partial charge on any atom is 0.107 e. The molecule has 0 aliphatic rings. The number of hydrogen-bond acceptors (Lipinski definition) is 3. The molecule has 0 aliphatic carbocycles. The van der Waals surface area contributed by atoms with Gasteiger partial charge in [0.15, 0.2) is 0 Å². The zero-order valence-electron chi connectivity index (χ0n) is 16.0. The van der Waals surface area contributed by atoms with Crippen molar-refractivity contribution in [3.05, 3.63) is 0 Å². The van der Waals surface area contributed by atoms with Gasteiger partial charge in [0, 0.05) is 5.25 Å². The molecule has 9 unspecified atom stereocenters. The van der Waals surface area contributed by atoms with E-state index in [1.54, 1.807) is 0 Å². The van der Waals surface area contributed by atoms with Crippen LogP contribution >= 0.6 is 25.3 Å². The van der Waals surface area contributed by atoms with Crippen molar-refractivity contribution in [3.63, 3.8) is 0 Å². The monoisotopic (exact) mass is 342 g/mol. The van der Waals surface area contributed by atoms with Crippen molar-refractivity contribution in [3.8, 4) is 0 Å². The lowest BCUT2D eigenvalue weighted by Crippen LogP contribution is -2.36. The van der Waals surface area contributed by atoms with Gasteiger partial charge in [-0.25, -0.2) is 0 Å². The lowest BCUT2D eigenvalue weighted by molar-refractivity contribution is 0.124. The molecule has 0 aromatic carbocycles. The molecular weight excluding hydrogens is 305 g/mol. The Balaban J connectivity index is 4.82. The topological polar surface area (TPSA) is 20.2 Å². The van der Waals surface area contributed by atoms with Crippen LogP contribution in [-0.2, 0) is 0 Å². The molecule has 0 aromatic rings. The average molecular weight is 342 g/mol. The fourth-order valence-corrected chi connectivity index (χ4v) is 4.41. The van der Waals surface area contributed by atoms with Crippen LogP contribution in [0.2, 0.25) is 18.0 Å². The minimum absolute atomic E-state index is 0.0556. The Bertz CT molecular complexity index is 281. The molecule has 0 saturated carbocycles. The normalized spacial score (nSPS) is 24.5. The fraction of sp³-hybridized carbons (Fsp3) is 1.00. The molecule has 1 N–H and O–H groups in total. The summed E-state index contributed by atoms with van der Waals surface area (Å²) in [5.41, 5.74) is 0. The summed E-state index contributed by atoms with van der Waals surface area (Å²) in [6, 6.07) is 0. The standard InChI is InChI=1S/C16H37B3OS2/c1-6-12(20)15(21)11(5)9(3)10(4)14(19)16(22)13(18)8(2)7-17/h8-16,20-22H,6-7,17-19H2,1-5H3. The van der Waals surface area contributed by atoms with Gasteiger partial charge in [-0.2, -0.15) is 25.3 Å². The van der Waals surface area contributed by atoms with Gasteiger partial charge in [0.05, 0.1) is 6.10 Å². The second-order valence-electron chi connectivity index (χ2n) is 7.64. The van der Waals surface area contributed by atoms with Crippen molar-refractivity contribution in [1.82, 2.24) is 0 Å². The average Bonchev–Trinajstić information content (AvgIpc) is 2.55. The minimum atomic E-state index is -0.311. The molecule has 0 fully saturated rings. The van der Waals surface area contributed by atoms with E-state index in [4.69, 9.17) is 12.6 Å². The first kappa shape index (κ1) is 22.9. The first-order chi connectivity index (χ1) is 10.1. The van der Waals surface area contributed by atoms with Crippen LogP contribution in [0.25, 0.3) is 0 Å². The van der Waals surface area contributed by atoms with Crippen LogP contribution < -0.4 is 0 Å². The maximum atomic E-state index is 10.1. The van der Waals surface area contributed by atoms with E-state index in [1.807, 2.05) is 6.92 Å². The summed E-state index contributed by atoms with van der Waals surface area (Å²) in [6.45, 7) is 11.2. The first-order valence-corrected chi connectivity index (χ1v) is 10.2. The van der Waals surface area contributed by atoms with Crippen LogP contribution in [0.5, 0.6) is 0 Å². The molecule has 0 aromatic heterocycles. The fourth-order valence-electron chi connectivity index (χ4n) is 3.36. The number of aliphatic hydroxyl groups is 1. The van der Waals surface area contributed by atoms with Crippen molar-refractivity contribution < 1.29 is 5.11 Å². The highest BCUT2D eigenvalue weighted by atomic mass is 32.1. The number of hydrogen-bond donors (Lipinski definition) is 3. The van der Waals surface area contributed by atoms with Gasteiger partial charge in [-0.15, -0.1) is 0 Å². The SMILES string of the molecule is BCC(C)C(B)C(S)C(B)C(C)C(C)C(C)C(S)C(O)CC. The van der Waals surface area contributed by atoms with Crippen LogP contribution in [-0.4, -0.2) is 45.2 Å². The van der Waals surface area contributed by atoms with Gasteiger partial charge in [0.25, 0.3) is 0 Å². The lowest BCUT2D eigenvalue weighted by atomic mass is 9.59. The second kappa shape index (κ2) is 10.7. The van der Waals surface area contributed by atoms with Gasteiger partial charge in [-0.1, -0.05) is 58.5 Å². The van der Waals surface area contributed by atoms with E-state index in [-0.39, 0.29) is 11.4 Å². The van der Waals surface area contributed by atoms with Gasteiger partial charge in [0.2, 0.25) is 0 Å². The smallest absolute Gasteiger partial charge is 0.107 e. The molecule has 0 radical (unpaired) electrons. The molecule has 0 spiro atoms. The predicted molar refractivity (Wildman–Crippen MR) is 116 cm³/mol. The highest BCUT2D eigenvalue weighted by molar-refractivity contribution is 7.81. The quantitative estimate of drug-likeness (QED) is 0.409. The van der Waals surface area contributed by atoms with E-state index in [9.17, 15) is 5.11 Å². The van der Waals surface area contributed by atoms with E-state index in [1.165, 1.54) is 6.32 Å². The zero-order chi connectivity index (χ0) is 17.6. The molecule has 0 rings (SSSR count). The summed E-state index contributed by atoms with van der Waals surface area (Å²) in [7, 11) is 6.94. The first-order valence-electron chi connectivity index (χ1n) is 9.14. The minimum Gasteiger partial charge on any atom is -0.392 e. The summed E-state index contributed by atoms with van der Waals surface area (Å²) in [5.74, 6) is 3.39. The van der Waals surface area contributed by atoms with Crippen molar-refractivity contribution >= 4 is 48.8 Å². The Morgan fingerprint density at radius 2 is 1.36 bits per heavy atom. The molecule has 0 amide bonds. The Hall–Kier alpha value is 0.855. The van der Waals surface area contributed by atoms with Gasteiger partial charge in [-0.05, 0) is 29.4 Å². The van der Waals surface area contributed by atoms with Crippen LogP contribution in [0, 0.1) is 23.7 Å². The third-order valence-electron chi connectivity index (χ3n) is 6.46. The van der Waals surface area contributed by atoms with Gasteiger partial charge in [-0.3, -0.25) is 0 Å². The molecule has 6 heteroatoms. The third kappa shape index (κ3) is 6.05. The third-order valence-corrected chi connectivity index (χ3v) is 8.21. The van der Waals surface area contributed by atoms with Gasteiger partial charge in [0.1, 0.15) is 23.5 Å². The van der Waals surface area contributed by atoms with E-state index >= 15 is 0 Å². The molecule has 0 aliphatic heterocycles. The highest BCUT2D eigenvalue weighted by Gasteiger charge is 2.34. The van der Waals surface area contributed by atoms with E-state index in [0.29, 0.717) is 40.6 Å². The molecule has 0 saturated heterocycles. The molecule has 22 heavy (non-hydrogen) atoms. The molecule has 1 nitrogen and oxygen atoms in total. The molecular formula is C16H37B3OS2. The molecule has 9 atom stereocenters. The Morgan fingerprint density at radius 3 is 1.77 bits per heavy atom. The van der Waals surface area contributed by atoms with E-state index in [0.717, 1.165) is 6.42 Å². The Kier molecular flexibility index (Phi) is 11.1. The summed E-state index contributed by atoms with van der Waals surface area (Å²) in [5, 5.41) is 10.6. The Morgan fingerprint density at radius 1 is 0.864 bits per heavy atom. The van der Waals surface area contributed by atoms with Crippen molar-refractivity contribution in [2.75, 3.05) is 0 Å². The molecule has 0 bridgehead atoms. The van der Waals surface area contributed by atoms with Crippen LogP contribution in [0.4, 0.5) is 0 Å². The second-order valence-corrected chi connectivity index (χ2v) is 8.83. The van der Waals surface area contributed by atoms with Crippen LogP contribution in [0.3, 0.4) is 0 Å². The van der Waals surface area contributed by atoms with Crippen molar-refractivity contribution in [1.29, 1.82) is 0 Å². The predicted octanol–water partition coefficient (Wildman–Crippen LogP) is 1.79. The van der Waals surface area contributed by atoms with Crippen LogP contribution in [0.1, 0.15) is 41.0 Å². The summed E-state index contributed by atoms with van der Waals surface area (Å²) in [4.78, 5) is 0. The highest BCUT2D eigenvalue weighted by Crippen LogP contribution is 2.41. The Labute approximate surface area is 153 Å². The van der Waals surface area contributed by atoms with Gasteiger partial charge < -0.3 is 5.11 Å². The van der Waals surface area contributed by atoms with Crippen LogP contribution in [0.15, 0.2) is 0 Å². The molecule has 0 heterocycles. The summed E-state index contributed by atoms with van der Waals surface area (Å²) in [6.07, 6.45) is 1.68. The molecule has 128 valence electrons. The van der Waals surface area contributed by atoms with E-state index in [2.05, 4.69) is 63.9 Å². The zero-order valence-corrected chi connectivity index (χ0v) is 17.7. The van der Waals surface area contributed by atoms with Crippen molar-refractivity contribution in [2.24, 2.45) is 23.7 Å². The summed E-state index contributed by atoms with van der Waals surface area (Å²) < 4.78 is 0. The number of aliphatic hydroxyl groups excluding tert-OH is 1. The van der Waals surface area contributed by atoms with Gasteiger partial charge >= 0.3 is 0 Å². The number of rotatable bonds is 10. The lowest BCUT2D eigenvalue weighted by Gasteiger charge is -2.39. The van der Waals surface area contributed by atoms with E-state index < -0.39 is 0 Å². The number of thiol groups is 2.